The minimum atomic E-state index is -1.07. The van der Waals surface area contributed by atoms with Gasteiger partial charge in [0.05, 0.1) is 0 Å². The second-order valence-electron chi connectivity index (χ2n) is 11.1. The van der Waals surface area contributed by atoms with Crippen LogP contribution in [0.5, 0.6) is 0 Å². The molecule has 12 nitrogen and oxygen atoms in total. The zero-order valence-electron chi connectivity index (χ0n) is 26.2. The van der Waals surface area contributed by atoms with E-state index >= 15 is 0 Å². The molecule has 3 N–H and O–H groups in total. The molecule has 3 aromatic carbocycles. The van der Waals surface area contributed by atoms with Crippen molar-refractivity contribution in [2.24, 2.45) is 4.99 Å². The number of carbonyl (C=O) groups excluding carboxylic acids is 4. The van der Waals surface area contributed by atoms with Gasteiger partial charge in [-0.05, 0) is 35.6 Å². The number of amidine groups is 1. The third-order valence-corrected chi connectivity index (χ3v) is 7.82. The Morgan fingerprint density at radius 3 is 2.21 bits per heavy atom. The summed E-state index contributed by atoms with van der Waals surface area (Å²) in [7, 11) is 1.43. The molecule has 0 aliphatic carbocycles. The number of likely N-dealkylation sites (N-methyl/N-ethyl adjacent to an activating group) is 1. The molecule has 1 aliphatic rings. The van der Waals surface area contributed by atoms with E-state index in [2.05, 4.69) is 20.6 Å². The number of amides is 4. The number of para-hydroxylation sites is 1. The summed E-state index contributed by atoms with van der Waals surface area (Å²) < 4.78 is 16.5. The molecule has 5 rings (SSSR count). The number of benzene rings is 3. The summed E-state index contributed by atoms with van der Waals surface area (Å²) in [6.07, 6.45) is -0.0491. The number of rotatable bonds is 12. The first kappa shape index (κ1) is 32.7. The van der Waals surface area contributed by atoms with E-state index in [0.717, 1.165) is 32.5 Å². The fourth-order valence-corrected chi connectivity index (χ4v) is 5.22. The second kappa shape index (κ2) is 15.6. The number of aliphatic imine (C=N–C) groups is 1. The molecular formula is C35H37N5O7. The summed E-state index contributed by atoms with van der Waals surface area (Å²) in [5, 5.41) is 6.24. The van der Waals surface area contributed by atoms with Crippen LogP contribution in [0.1, 0.15) is 42.4 Å². The van der Waals surface area contributed by atoms with Gasteiger partial charge in [-0.25, -0.2) is 9.59 Å². The zero-order chi connectivity index (χ0) is 33.2. The number of fused-ring (bicyclic) bond motifs is 1. The van der Waals surface area contributed by atoms with Crippen LogP contribution in [0.25, 0.3) is 10.9 Å². The Bertz CT molecular complexity index is 1720. The van der Waals surface area contributed by atoms with Crippen molar-refractivity contribution in [1.29, 1.82) is 0 Å². The van der Waals surface area contributed by atoms with Gasteiger partial charge in [-0.1, -0.05) is 85.8 Å². The summed E-state index contributed by atoms with van der Waals surface area (Å²) >= 11 is 0. The number of nitrogens with one attached hydrogen (secondary N) is 3. The number of hydrogen-bond acceptors (Lipinski definition) is 7. The SMILES string of the molecule is C[C@H](c1c[nH]c2ccccc12)[C@@H]1OC(N(C)C(=O)[C@H](CCCNC(=O)OCc2ccccc2)NC(=O)OCc2ccccc2)=NC1=O. The van der Waals surface area contributed by atoms with Crippen molar-refractivity contribution in [3.8, 4) is 0 Å². The lowest BCUT2D eigenvalue weighted by Crippen LogP contribution is -2.49. The van der Waals surface area contributed by atoms with Crippen LogP contribution in [0.4, 0.5) is 9.59 Å². The highest BCUT2D eigenvalue weighted by Crippen LogP contribution is 2.31. The van der Waals surface area contributed by atoms with Crippen LogP contribution in [-0.2, 0) is 37.0 Å². The van der Waals surface area contributed by atoms with Gasteiger partial charge in [-0.3, -0.25) is 14.5 Å². The molecule has 1 aromatic heterocycles. The van der Waals surface area contributed by atoms with Crippen molar-refractivity contribution in [3.63, 3.8) is 0 Å². The standard InChI is InChI=1S/C35H37N5O7/c1-23(27-20-37-28-17-10-9-16-26(27)28)30-31(41)39-33(47-30)40(2)32(42)29(38-35(44)46-22-25-14-7-4-8-15-25)18-11-19-36-34(43)45-21-24-12-5-3-6-13-24/h3-10,12-17,20,23,29-30,37H,11,18-19,21-22H2,1-2H3,(H,36,43)(H,38,44)/t23-,29+,30+/m1/s1. The Morgan fingerprint density at radius 1 is 0.915 bits per heavy atom. The van der Waals surface area contributed by atoms with Gasteiger partial charge in [0.1, 0.15) is 19.3 Å². The molecule has 4 aromatic rings. The Kier molecular flexibility index (Phi) is 10.8. The summed E-state index contributed by atoms with van der Waals surface area (Å²) in [5.74, 6) is -1.44. The first-order valence-corrected chi connectivity index (χ1v) is 15.3. The van der Waals surface area contributed by atoms with Gasteiger partial charge < -0.3 is 29.8 Å². The molecule has 4 amide bonds. The lowest BCUT2D eigenvalue weighted by Gasteiger charge is -2.25. The number of aromatic nitrogens is 1. The molecule has 3 atom stereocenters. The van der Waals surface area contributed by atoms with Gasteiger partial charge in [0.2, 0.25) is 0 Å². The van der Waals surface area contributed by atoms with E-state index in [1.807, 2.05) is 98.0 Å². The molecule has 0 bridgehead atoms. The first-order chi connectivity index (χ1) is 22.8. The highest BCUT2D eigenvalue weighted by molar-refractivity contribution is 6.06. The Balaban J connectivity index is 1.19. The van der Waals surface area contributed by atoms with Crippen LogP contribution in [0, 0.1) is 0 Å². The van der Waals surface area contributed by atoms with Crippen molar-refractivity contribution in [1.82, 2.24) is 20.5 Å². The van der Waals surface area contributed by atoms with Gasteiger partial charge in [0, 0.05) is 36.6 Å². The minimum absolute atomic E-state index is 0.00988. The van der Waals surface area contributed by atoms with Crippen LogP contribution < -0.4 is 10.6 Å². The van der Waals surface area contributed by atoms with E-state index in [9.17, 15) is 19.2 Å². The van der Waals surface area contributed by atoms with Crippen molar-refractivity contribution >= 4 is 40.9 Å². The van der Waals surface area contributed by atoms with Crippen LogP contribution in [-0.4, -0.2) is 65.6 Å². The molecule has 0 saturated heterocycles. The molecule has 0 fully saturated rings. The fourth-order valence-electron chi connectivity index (χ4n) is 5.22. The molecule has 0 radical (unpaired) electrons. The quantitative estimate of drug-likeness (QED) is 0.184. The number of nitrogens with zero attached hydrogens (tertiary/aromatic N) is 2. The largest absolute Gasteiger partial charge is 0.450 e. The second-order valence-corrected chi connectivity index (χ2v) is 11.1. The predicted octanol–water partition coefficient (Wildman–Crippen LogP) is 5.01. The van der Waals surface area contributed by atoms with E-state index in [1.165, 1.54) is 7.05 Å². The normalized spacial score (nSPS) is 15.2. The molecule has 47 heavy (non-hydrogen) atoms. The smallest absolute Gasteiger partial charge is 0.408 e. The maximum Gasteiger partial charge on any atom is 0.408 e. The van der Waals surface area contributed by atoms with Gasteiger partial charge in [0.25, 0.3) is 11.8 Å². The number of carbonyl (C=O) groups is 4. The molecule has 0 saturated carbocycles. The predicted molar refractivity (Wildman–Crippen MR) is 174 cm³/mol. The number of alkyl carbamates (subject to hydrolysis) is 2. The average Bonchev–Trinajstić information content (AvgIpc) is 3.71. The van der Waals surface area contributed by atoms with E-state index in [-0.39, 0.29) is 38.1 Å². The topological polar surface area (TPSA) is 151 Å². The summed E-state index contributed by atoms with van der Waals surface area (Å²) in [6.45, 7) is 2.18. The van der Waals surface area contributed by atoms with E-state index in [1.54, 1.807) is 0 Å². The third-order valence-electron chi connectivity index (χ3n) is 7.82. The summed E-state index contributed by atoms with van der Waals surface area (Å²) in [5.41, 5.74) is 3.45. The Labute approximate surface area is 272 Å². The molecule has 0 spiro atoms. The molecule has 12 heteroatoms. The number of H-pyrrole nitrogens is 1. The highest BCUT2D eigenvalue weighted by Gasteiger charge is 2.39. The van der Waals surface area contributed by atoms with Crippen LogP contribution in [0.3, 0.4) is 0 Å². The zero-order valence-corrected chi connectivity index (χ0v) is 26.2. The maximum atomic E-state index is 13.7. The Hall–Kier alpha value is -5.65. The van der Waals surface area contributed by atoms with E-state index in [0.29, 0.717) is 6.42 Å². The van der Waals surface area contributed by atoms with Gasteiger partial charge in [-0.2, -0.15) is 4.99 Å². The maximum absolute atomic E-state index is 13.7. The van der Waals surface area contributed by atoms with Gasteiger partial charge in [-0.15, -0.1) is 0 Å². The van der Waals surface area contributed by atoms with Crippen LogP contribution >= 0.6 is 0 Å². The summed E-state index contributed by atoms with van der Waals surface area (Å²) in [6, 6.07) is 24.9. The molecule has 0 unspecified atom stereocenters. The lowest BCUT2D eigenvalue weighted by atomic mass is 9.94. The molecule has 244 valence electrons. The number of ether oxygens (including phenoxy) is 3. The third kappa shape index (κ3) is 8.54. The highest BCUT2D eigenvalue weighted by atomic mass is 16.6. The summed E-state index contributed by atoms with van der Waals surface area (Å²) in [4.78, 5) is 59.9. The fraction of sp³-hybridized carbons (Fsp3) is 0.286. The van der Waals surface area contributed by atoms with E-state index in [4.69, 9.17) is 14.2 Å². The molecular weight excluding hydrogens is 602 g/mol. The first-order valence-electron chi connectivity index (χ1n) is 15.3. The Morgan fingerprint density at radius 2 is 1.53 bits per heavy atom. The number of hydrogen-bond donors (Lipinski definition) is 3. The lowest BCUT2D eigenvalue weighted by molar-refractivity contribution is -0.130. The molecule has 1 aliphatic heterocycles. The van der Waals surface area contributed by atoms with Gasteiger partial charge >= 0.3 is 18.2 Å². The van der Waals surface area contributed by atoms with Gasteiger partial charge in [0.15, 0.2) is 6.10 Å². The van der Waals surface area contributed by atoms with E-state index < -0.39 is 36.1 Å². The molecule has 2 heterocycles. The van der Waals surface area contributed by atoms with Crippen molar-refractivity contribution in [2.45, 2.75) is 51.0 Å². The van der Waals surface area contributed by atoms with Crippen molar-refractivity contribution in [3.05, 3.63) is 108 Å². The van der Waals surface area contributed by atoms with Crippen molar-refractivity contribution in [2.75, 3.05) is 13.6 Å². The monoisotopic (exact) mass is 639 g/mol. The number of aromatic amines is 1. The van der Waals surface area contributed by atoms with Crippen molar-refractivity contribution < 1.29 is 33.4 Å². The van der Waals surface area contributed by atoms with Crippen LogP contribution in [0.15, 0.2) is 96.1 Å². The average molecular weight is 640 g/mol. The minimum Gasteiger partial charge on any atom is -0.450 e. The van der Waals surface area contributed by atoms with Crippen LogP contribution in [0.2, 0.25) is 0 Å².